The van der Waals surface area contributed by atoms with Gasteiger partial charge in [0.25, 0.3) is 29.1 Å². The molecule has 0 N–H and O–H groups in total. The fourth-order valence-corrected chi connectivity index (χ4v) is 7.72. The van der Waals surface area contributed by atoms with Crippen molar-refractivity contribution in [2.24, 2.45) is 23.7 Å². The minimum Gasteiger partial charge on any atom is -0.272 e. The van der Waals surface area contributed by atoms with Crippen LogP contribution in [0.15, 0.2) is 42.5 Å². The lowest BCUT2D eigenvalue weighted by atomic mass is 9.81. The normalized spacial score (nSPS) is 27.9. The van der Waals surface area contributed by atoms with Crippen molar-refractivity contribution in [3.63, 3.8) is 0 Å². The Hall–Kier alpha value is -2.90. The van der Waals surface area contributed by atoms with Gasteiger partial charge in [-0.2, -0.15) is 5.01 Å². The van der Waals surface area contributed by atoms with E-state index in [1.807, 2.05) is 0 Å². The summed E-state index contributed by atoms with van der Waals surface area (Å²) in [7, 11) is 0. The maximum Gasteiger partial charge on any atom is 0.275 e. The van der Waals surface area contributed by atoms with E-state index >= 15 is 0 Å². The summed E-state index contributed by atoms with van der Waals surface area (Å²) >= 11 is 13.2. The lowest BCUT2D eigenvalue weighted by Crippen LogP contribution is -2.50. The van der Waals surface area contributed by atoms with Crippen LogP contribution in [0.4, 0.5) is 11.4 Å². The number of hydrazine groups is 1. The molecule has 6 atom stereocenters. The lowest BCUT2D eigenvalue weighted by Gasteiger charge is -2.31. The van der Waals surface area contributed by atoms with Crippen molar-refractivity contribution in [1.82, 2.24) is 10.0 Å². The van der Waals surface area contributed by atoms with Gasteiger partial charge in [-0.15, -0.1) is 0 Å². The molecule has 1 heterocycles. The minimum absolute atomic E-state index is 0.0216. The molecule has 2 aliphatic carbocycles. The van der Waals surface area contributed by atoms with Gasteiger partial charge < -0.3 is 0 Å². The summed E-state index contributed by atoms with van der Waals surface area (Å²) < 4.78 is 0. The average molecular weight is 657 g/mol. The number of carbonyl (C=O) groups excluding carboxylic acids is 3. The first-order chi connectivity index (χ1) is 17.5. The number of benzene rings is 2. The summed E-state index contributed by atoms with van der Waals surface area (Å²) in [4.78, 5) is 62.4. The van der Waals surface area contributed by atoms with Crippen LogP contribution in [0.1, 0.15) is 22.3 Å². The third-order valence-electron chi connectivity index (χ3n) is 7.33. The van der Waals surface area contributed by atoms with Gasteiger partial charge in [-0.1, -0.05) is 43.5 Å². The number of nitro benzene ring substituents is 2. The van der Waals surface area contributed by atoms with E-state index in [1.54, 1.807) is 0 Å². The van der Waals surface area contributed by atoms with Crippen LogP contribution in [0.2, 0.25) is 5.02 Å². The molecule has 3 fully saturated rings. The van der Waals surface area contributed by atoms with Gasteiger partial charge in [0.1, 0.15) is 0 Å². The highest BCUT2D eigenvalue weighted by molar-refractivity contribution is 9.12. The number of nitro groups is 2. The Morgan fingerprint density at radius 2 is 1.54 bits per heavy atom. The number of non-ortho nitro benzene ring substituents is 1. The molecule has 1 saturated heterocycles. The summed E-state index contributed by atoms with van der Waals surface area (Å²) in [5.74, 6) is -3.36. The van der Waals surface area contributed by atoms with Gasteiger partial charge in [0.05, 0.1) is 33.8 Å². The van der Waals surface area contributed by atoms with Crippen LogP contribution < -0.4 is 0 Å². The standard InChI is InChI=1S/C23H17Br2ClN4O7/c24-19-14-8-15(20(19)25)18-17(14)22(32)28(23(18)33)27(9-11-1-4-12(26)7-16(11)30(36)37)21(31)10-2-5-13(6-3-10)29(34)35/h1-7,14-15,17-20H,8-9H2/t14-,15-,17-,18+,19+,20+/m1/s1. The van der Waals surface area contributed by atoms with Gasteiger partial charge >= 0.3 is 0 Å². The Labute approximate surface area is 231 Å². The van der Waals surface area contributed by atoms with Gasteiger partial charge in [0.2, 0.25) is 0 Å². The molecule has 11 nitrogen and oxygen atoms in total. The Kier molecular flexibility index (Phi) is 6.57. The number of rotatable bonds is 6. The van der Waals surface area contributed by atoms with Gasteiger partial charge in [-0.05, 0) is 42.5 Å². The zero-order chi connectivity index (χ0) is 26.8. The van der Waals surface area contributed by atoms with Crippen LogP contribution in [-0.4, -0.2) is 47.2 Å². The second kappa shape index (κ2) is 9.44. The second-order valence-corrected chi connectivity index (χ2v) is 11.7. The number of alkyl halides is 2. The lowest BCUT2D eigenvalue weighted by molar-refractivity contribution is -0.385. The van der Waals surface area contributed by atoms with E-state index in [9.17, 15) is 34.6 Å². The smallest absolute Gasteiger partial charge is 0.272 e. The zero-order valence-corrected chi connectivity index (χ0v) is 22.6. The van der Waals surface area contributed by atoms with Crippen molar-refractivity contribution in [3.8, 4) is 0 Å². The number of nitrogens with zero attached hydrogens (tertiary/aromatic N) is 4. The molecule has 192 valence electrons. The average Bonchev–Trinajstić information content (AvgIpc) is 3.48. The number of hydrogen-bond donors (Lipinski definition) is 0. The van der Waals surface area contributed by atoms with E-state index < -0.39 is 45.9 Å². The highest BCUT2D eigenvalue weighted by Crippen LogP contribution is 2.60. The molecule has 0 spiro atoms. The van der Waals surface area contributed by atoms with Crippen molar-refractivity contribution in [2.75, 3.05) is 0 Å². The van der Waals surface area contributed by atoms with E-state index in [0.29, 0.717) is 6.42 Å². The number of fused-ring (bicyclic) bond motifs is 5. The summed E-state index contributed by atoms with van der Waals surface area (Å²) in [6, 6.07) is 8.57. The van der Waals surface area contributed by atoms with Crippen LogP contribution in [0.5, 0.6) is 0 Å². The molecule has 14 heteroatoms. The SMILES string of the molecule is O=C(c1ccc([N+](=O)[O-])cc1)N(Cc1ccc(Cl)cc1[N+](=O)[O-])N1C(=O)[C@@H]2[C@H]3C[C@@H]([C@H](Br)[C@H]3Br)[C@@H]2C1=O. The molecular formula is C23H17Br2ClN4O7. The maximum atomic E-state index is 13.7. The first kappa shape index (κ1) is 25.7. The molecule has 2 aromatic rings. The van der Waals surface area contributed by atoms with Crippen molar-refractivity contribution in [1.29, 1.82) is 0 Å². The number of carbonyl (C=O) groups is 3. The minimum atomic E-state index is -0.807. The molecular weight excluding hydrogens is 640 g/mol. The summed E-state index contributed by atoms with van der Waals surface area (Å²) in [5.41, 5.74) is -0.599. The highest BCUT2D eigenvalue weighted by atomic mass is 79.9. The molecule has 37 heavy (non-hydrogen) atoms. The monoisotopic (exact) mass is 654 g/mol. The van der Waals surface area contributed by atoms with E-state index in [2.05, 4.69) is 31.9 Å². The summed E-state index contributed by atoms with van der Waals surface area (Å²) in [6.45, 7) is -0.467. The molecule has 2 aromatic carbocycles. The Morgan fingerprint density at radius 3 is 2.05 bits per heavy atom. The fourth-order valence-electron chi connectivity index (χ4n) is 5.68. The number of halogens is 3. The topological polar surface area (TPSA) is 144 Å². The number of imide groups is 1. The number of amides is 3. The molecule has 0 radical (unpaired) electrons. The van der Waals surface area contributed by atoms with Crippen molar-refractivity contribution in [3.05, 3.63) is 78.8 Å². The molecule has 5 rings (SSSR count). The summed E-state index contributed by atoms with van der Waals surface area (Å²) in [6.07, 6.45) is 0.686. The molecule has 0 unspecified atom stereocenters. The highest BCUT2D eigenvalue weighted by Gasteiger charge is 2.67. The first-order valence-electron chi connectivity index (χ1n) is 11.2. The Bertz CT molecular complexity index is 1330. The summed E-state index contributed by atoms with van der Waals surface area (Å²) in [5, 5.41) is 24.5. The molecule has 0 aromatic heterocycles. The molecule has 2 bridgehead atoms. The van der Waals surface area contributed by atoms with Crippen LogP contribution in [-0.2, 0) is 16.1 Å². The molecule has 1 aliphatic heterocycles. The van der Waals surface area contributed by atoms with Gasteiger partial charge in [-0.3, -0.25) is 34.6 Å². The zero-order valence-electron chi connectivity index (χ0n) is 18.7. The fraction of sp³-hybridized carbons (Fsp3) is 0.348. The van der Waals surface area contributed by atoms with Crippen molar-refractivity contribution in [2.45, 2.75) is 22.6 Å². The van der Waals surface area contributed by atoms with Gasteiger partial charge in [0.15, 0.2) is 0 Å². The van der Waals surface area contributed by atoms with Crippen molar-refractivity contribution >= 4 is 72.6 Å². The van der Waals surface area contributed by atoms with Crippen molar-refractivity contribution < 1.29 is 24.2 Å². The predicted octanol–water partition coefficient (Wildman–Crippen LogP) is 4.49. The molecule has 3 amide bonds. The first-order valence-corrected chi connectivity index (χ1v) is 13.4. The molecule has 3 aliphatic rings. The van der Waals surface area contributed by atoms with Gasteiger partial charge in [0, 0.05) is 38.4 Å². The predicted molar refractivity (Wildman–Crippen MR) is 137 cm³/mol. The second-order valence-electron chi connectivity index (χ2n) is 9.19. The maximum absolute atomic E-state index is 13.7. The van der Waals surface area contributed by atoms with E-state index in [-0.39, 0.29) is 49.0 Å². The Balaban J connectivity index is 1.56. The van der Waals surface area contributed by atoms with Gasteiger partial charge in [-0.25, -0.2) is 5.01 Å². The van der Waals surface area contributed by atoms with E-state index in [4.69, 9.17) is 11.6 Å². The van der Waals surface area contributed by atoms with Crippen LogP contribution in [0.3, 0.4) is 0 Å². The molecule has 2 saturated carbocycles. The van der Waals surface area contributed by atoms with E-state index in [1.165, 1.54) is 24.3 Å². The van der Waals surface area contributed by atoms with E-state index in [0.717, 1.165) is 28.2 Å². The van der Waals surface area contributed by atoms with Crippen LogP contribution >= 0.6 is 43.5 Å². The van der Waals surface area contributed by atoms with Crippen LogP contribution in [0, 0.1) is 43.9 Å². The Morgan fingerprint density at radius 1 is 0.973 bits per heavy atom. The third-order valence-corrected chi connectivity index (χ3v) is 10.8. The third kappa shape index (κ3) is 4.12. The number of hydrogen-bond acceptors (Lipinski definition) is 7. The quantitative estimate of drug-likeness (QED) is 0.193. The largest absolute Gasteiger partial charge is 0.275 e. The van der Waals surface area contributed by atoms with Crippen LogP contribution in [0.25, 0.3) is 0 Å².